The highest BCUT2D eigenvalue weighted by atomic mass is 16.8. The van der Waals surface area contributed by atoms with Gasteiger partial charge in [0.25, 0.3) is 0 Å². The van der Waals surface area contributed by atoms with Gasteiger partial charge in [0.1, 0.15) is 0 Å². The first-order valence-corrected chi connectivity index (χ1v) is 9.18. The van der Waals surface area contributed by atoms with Crippen LogP contribution in [-0.2, 0) is 42.9 Å². The van der Waals surface area contributed by atoms with E-state index < -0.39 is 70.9 Å². The molecule has 0 saturated carbocycles. The monoisotopic (exact) mass is 455 g/mol. The third-order valence-electron chi connectivity index (χ3n) is 4.21. The van der Waals surface area contributed by atoms with E-state index >= 15 is 0 Å². The van der Waals surface area contributed by atoms with Gasteiger partial charge in [0.2, 0.25) is 11.9 Å². The summed E-state index contributed by atoms with van der Waals surface area (Å²) in [5, 5.41) is 11.4. The Kier molecular flexibility index (Phi) is 7.70. The lowest BCUT2D eigenvalue weighted by molar-refractivity contribution is -0.387. The number of benzene rings is 1. The van der Waals surface area contributed by atoms with Crippen LogP contribution in [0.1, 0.15) is 20.8 Å². The number of nitro benzene ring substituents is 1. The number of carbonyl (C=O) groups excluding carboxylic acids is 4. The average molecular weight is 455 g/mol. The van der Waals surface area contributed by atoms with E-state index in [1.165, 1.54) is 18.2 Å². The second-order valence-electron chi connectivity index (χ2n) is 6.55. The molecule has 13 heteroatoms. The average Bonchev–Trinajstić information content (AvgIpc) is 2.70. The molecule has 174 valence electrons. The molecular weight excluding hydrogens is 434 g/mol. The lowest BCUT2D eigenvalue weighted by Gasteiger charge is -2.45. The van der Waals surface area contributed by atoms with Crippen molar-refractivity contribution in [2.45, 2.75) is 44.9 Å². The largest absolute Gasteiger partial charge is 0.464 e. The molecule has 2 rings (SSSR count). The minimum absolute atomic E-state index is 0.424. The van der Waals surface area contributed by atoms with Crippen molar-refractivity contribution in [1.29, 1.82) is 0 Å². The van der Waals surface area contributed by atoms with E-state index in [0.717, 1.165) is 33.9 Å². The molecule has 0 bridgehead atoms. The number of nitrogens with zero attached hydrogens (tertiary/aromatic N) is 1. The molecule has 0 amide bonds. The molecule has 1 aliphatic rings. The van der Waals surface area contributed by atoms with Crippen LogP contribution in [0, 0.1) is 10.1 Å². The van der Waals surface area contributed by atoms with Crippen molar-refractivity contribution in [3.8, 4) is 5.75 Å². The molecule has 0 aromatic heterocycles. The fourth-order valence-corrected chi connectivity index (χ4v) is 3.07. The zero-order chi connectivity index (χ0) is 24.1. The number of rotatable bonds is 7. The van der Waals surface area contributed by atoms with Gasteiger partial charge >= 0.3 is 35.4 Å². The van der Waals surface area contributed by atoms with Gasteiger partial charge in [-0.3, -0.25) is 24.5 Å². The summed E-state index contributed by atoms with van der Waals surface area (Å²) in [6, 6.07) is 5.03. The molecule has 13 nitrogen and oxygen atoms in total. The zero-order valence-corrected chi connectivity index (χ0v) is 17.6. The highest BCUT2D eigenvalue weighted by Gasteiger charge is 2.64. The number of nitro groups is 1. The molecule has 0 aliphatic carbocycles. The van der Waals surface area contributed by atoms with Gasteiger partial charge in [-0.25, -0.2) is 4.79 Å². The second kappa shape index (κ2) is 10.0. The summed E-state index contributed by atoms with van der Waals surface area (Å²) in [6.07, 6.45) is -4.74. The lowest BCUT2D eigenvalue weighted by atomic mass is 9.95. The molecule has 1 heterocycles. The van der Waals surface area contributed by atoms with Crippen molar-refractivity contribution in [2.24, 2.45) is 0 Å². The number of hydrogen-bond acceptors (Lipinski definition) is 12. The molecule has 1 aromatic rings. The van der Waals surface area contributed by atoms with E-state index in [1.807, 2.05) is 0 Å². The standard InChI is InChI=1S/C19H21NO12/c1-10(21)29-15-9-28-19(18(24)27-4,17(31-12(3)23)16(15)30-11(2)22)32-14-8-6-5-7-13(14)20(25)26/h5-8,15-17H,9H2,1-4H3. The maximum atomic E-state index is 12.8. The Labute approximate surface area is 181 Å². The van der Waals surface area contributed by atoms with Crippen molar-refractivity contribution in [3.05, 3.63) is 34.4 Å². The molecule has 0 N–H and O–H groups in total. The first-order valence-electron chi connectivity index (χ1n) is 9.18. The van der Waals surface area contributed by atoms with Crippen LogP contribution in [-0.4, -0.2) is 66.6 Å². The number of ether oxygens (including phenoxy) is 6. The van der Waals surface area contributed by atoms with Crippen molar-refractivity contribution < 1.29 is 52.5 Å². The summed E-state index contributed by atoms with van der Waals surface area (Å²) in [5.41, 5.74) is -0.535. The molecule has 4 atom stereocenters. The smallest absolute Gasteiger partial charge is 0.383 e. The zero-order valence-electron chi connectivity index (χ0n) is 17.6. The Balaban J connectivity index is 2.66. The van der Waals surface area contributed by atoms with Gasteiger partial charge in [0.15, 0.2) is 12.2 Å². The number of hydrogen-bond donors (Lipinski definition) is 0. The maximum Gasteiger partial charge on any atom is 0.383 e. The minimum Gasteiger partial charge on any atom is -0.464 e. The highest BCUT2D eigenvalue weighted by molar-refractivity contribution is 5.81. The SMILES string of the molecule is COC(=O)C1(Oc2ccccc2[N+](=O)[O-])OCC(OC(C)=O)C(OC(C)=O)C1OC(C)=O. The molecular formula is C19H21NO12. The molecule has 1 fully saturated rings. The predicted octanol–water partition coefficient (Wildman–Crippen LogP) is 0.668. The van der Waals surface area contributed by atoms with E-state index in [1.54, 1.807) is 0 Å². The molecule has 4 unspecified atom stereocenters. The fourth-order valence-electron chi connectivity index (χ4n) is 3.07. The van der Waals surface area contributed by atoms with E-state index in [-0.39, 0.29) is 0 Å². The van der Waals surface area contributed by atoms with Crippen LogP contribution in [0.15, 0.2) is 24.3 Å². The van der Waals surface area contributed by atoms with Gasteiger partial charge in [0, 0.05) is 26.8 Å². The van der Waals surface area contributed by atoms with Crippen LogP contribution in [0.2, 0.25) is 0 Å². The first-order chi connectivity index (χ1) is 15.0. The van der Waals surface area contributed by atoms with E-state index in [2.05, 4.69) is 0 Å². The maximum absolute atomic E-state index is 12.8. The third kappa shape index (κ3) is 5.29. The van der Waals surface area contributed by atoms with Crippen LogP contribution < -0.4 is 4.74 Å². The van der Waals surface area contributed by atoms with Gasteiger partial charge in [-0.2, -0.15) is 0 Å². The van der Waals surface area contributed by atoms with Crippen molar-refractivity contribution in [2.75, 3.05) is 13.7 Å². The Morgan fingerprint density at radius 2 is 1.62 bits per heavy atom. The van der Waals surface area contributed by atoms with Crippen LogP contribution in [0.25, 0.3) is 0 Å². The Hall–Kier alpha value is -3.74. The van der Waals surface area contributed by atoms with Crippen LogP contribution in [0.5, 0.6) is 5.75 Å². The Bertz CT molecular complexity index is 915. The number of esters is 4. The van der Waals surface area contributed by atoms with Crippen molar-refractivity contribution in [3.63, 3.8) is 0 Å². The predicted molar refractivity (Wildman–Crippen MR) is 101 cm³/mol. The topological polar surface area (TPSA) is 167 Å². The highest BCUT2D eigenvalue weighted by Crippen LogP contribution is 2.38. The normalized spacial score (nSPS) is 24.6. The van der Waals surface area contributed by atoms with Gasteiger partial charge in [-0.15, -0.1) is 0 Å². The molecule has 0 spiro atoms. The number of carbonyl (C=O) groups is 4. The third-order valence-corrected chi connectivity index (χ3v) is 4.21. The minimum atomic E-state index is -2.64. The fraction of sp³-hybridized carbons (Fsp3) is 0.474. The van der Waals surface area contributed by atoms with Gasteiger partial charge < -0.3 is 28.4 Å². The lowest BCUT2D eigenvalue weighted by Crippen LogP contribution is -2.69. The summed E-state index contributed by atoms with van der Waals surface area (Å²) in [4.78, 5) is 58.6. The van der Waals surface area contributed by atoms with Crippen LogP contribution >= 0.6 is 0 Å². The van der Waals surface area contributed by atoms with Gasteiger partial charge in [-0.05, 0) is 6.07 Å². The molecule has 1 aromatic carbocycles. The van der Waals surface area contributed by atoms with E-state index in [9.17, 15) is 29.3 Å². The summed E-state index contributed by atoms with van der Waals surface area (Å²) in [7, 11) is 0.972. The second-order valence-corrected chi connectivity index (χ2v) is 6.55. The first kappa shape index (κ1) is 24.5. The Morgan fingerprint density at radius 1 is 1.03 bits per heavy atom. The van der Waals surface area contributed by atoms with E-state index in [4.69, 9.17) is 28.4 Å². The van der Waals surface area contributed by atoms with Gasteiger partial charge in [0.05, 0.1) is 18.6 Å². The summed E-state index contributed by atoms with van der Waals surface area (Å²) >= 11 is 0. The summed E-state index contributed by atoms with van der Waals surface area (Å²) in [6.45, 7) is 2.55. The van der Waals surface area contributed by atoms with Crippen LogP contribution in [0.3, 0.4) is 0 Å². The summed E-state index contributed by atoms with van der Waals surface area (Å²) < 4.78 is 31.4. The van der Waals surface area contributed by atoms with Gasteiger partial charge in [-0.1, -0.05) is 12.1 Å². The molecule has 1 aliphatic heterocycles. The van der Waals surface area contributed by atoms with Crippen LogP contribution in [0.4, 0.5) is 5.69 Å². The Morgan fingerprint density at radius 3 is 2.16 bits per heavy atom. The quantitative estimate of drug-likeness (QED) is 0.244. The molecule has 0 radical (unpaired) electrons. The van der Waals surface area contributed by atoms with E-state index in [0.29, 0.717) is 0 Å². The number of methoxy groups -OCH3 is 1. The van der Waals surface area contributed by atoms with Crippen molar-refractivity contribution in [1.82, 2.24) is 0 Å². The summed E-state index contributed by atoms with van der Waals surface area (Å²) in [5.74, 6) is -6.90. The number of para-hydroxylation sites is 2. The molecule has 1 saturated heterocycles. The molecule has 32 heavy (non-hydrogen) atoms. The van der Waals surface area contributed by atoms with Crippen molar-refractivity contribution >= 4 is 29.6 Å².